The molecule has 3 rings (SSSR count). The Morgan fingerprint density at radius 2 is 2.30 bits per heavy atom. The number of anilines is 1. The summed E-state index contributed by atoms with van der Waals surface area (Å²) >= 11 is 0. The number of hydrogen-bond acceptors (Lipinski definition) is 5. The summed E-state index contributed by atoms with van der Waals surface area (Å²) < 4.78 is 12.0. The quantitative estimate of drug-likeness (QED) is 0.916. The van der Waals surface area contributed by atoms with Crippen LogP contribution in [0.25, 0.3) is 0 Å². The summed E-state index contributed by atoms with van der Waals surface area (Å²) in [5.74, 6) is 0.441. The smallest absolute Gasteiger partial charge is 0.294 e. The number of nitrogens with one attached hydrogen (secondary N) is 1. The second-order valence-electron chi connectivity index (χ2n) is 4.84. The summed E-state index contributed by atoms with van der Waals surface area (Å²) in [7, 11) is 0. The molecule has 1 amide bonds. The van der Waals surface area contributed by atoms with Gasteiger partial charge in [0.25, 0.3) is 5.91 Å². The van der Waals surface area contributed by atoms with Crippen LogP contribution in [0.15, 0.2) is 29.2 Å². The second kappa shape index (κ2) is 5.87. The van der Waals surface area contributed by atoms with Crippen LogP contribution in [0.3, 0.4) is 0 Å². The number of ether oxygens (including phenoxy) is 1. The molecule has 0 atom stereocenters. The van der Waals surface area contributed by atoms with Crippen molar-refractivity contribution in [3.05, 3.63) is 30.4 Å². The normalized spacial score (nSPS) is 16.2. The first-order valence-corrected chi connectivity index (χ1v) is 6.63. The average Bonchev–Trinajstić information content (AvgIpc) is 3.11. The van der Waals surface area contributed by atoms with Gasteiger partial charge in [0.1, 0.15) is 0 Å². The van der Waals surface area contributed by atoms with E-state index in [9.17, 15) is 4.79 Å². The standard InChI is InChI=1S/C13H16N4O3/c18-13(12-1-4-15-20-12)16-11-7-14-17(9-11)8-10-2-5-19-6-3-10/h1,4,7,9-10H,2-3,5-6,8H2,(H,16,18). The first kappa shape index (κ1) is 12.9. The first-order valence-electron chi connectivity index (χ1n) is 6.63. The molecule has 2 aromatic rings. The Balaban J connectivity index is 1.57. The van der Waals surface area contributed by atoms with Crippen LogP contribution in [0.1, 0.15) is 23.4 Å². The number of rotatable bonds is 4. The van der Waals surface area contributed by atoms with E-state index in [1.54, 1.807) is 6.20 Å². The van der Waals surface area contributed by atoms with E-state index < -0.39 is 0 Å². The monoisotopic (exact) mass is 276 g/mol. The Labute approximate surface area is 115 Å². The molecule has 0 unspecified atom stereocenters. The van der Waals surface area contributed by atoms with Crippen LogP contribution in [0, 0.1) is 5.92 Å². The minimum atomic E-state index is -0.326. The molecule has 1 aliphatic heterocycles. The van der Waals surface area contributed by atoms with E-state index in [-0.39, 0.29) is 11.7 Å². The van der Waals surface area contributed by atoms with Crippen molar-refractivity contribution in [3.8, 4) is 0 Å². The molecule has 0 radical (unpaired) electrons. The molecule has 1 N–H and O–H groups in total. The lowest BCUT2D eigenvalue weighted by Gasteiger charge is -2.21. The molecule has 0 bridgehead atoms. The van der Waals surface area contributed by atoms with Crippen molar-refractivity contribution in [2.75, 3.05) is 18.5 Å². The number of hydrogen-bond donors (Lipinski definition) is 1. The largest absolute Gasteiger partial charge is 0.381 e. The van der Waals surface area contributed by atoms with Gasteiger partial charge in [-0.25, -0.2) is 0 Å². The zero-order chi connectivity index (χ0) is 13.8. The van der Waals surface area contributed by atoms with Crippen LogP contribution in [0.5, 0.6) is 0 Å². The van der Waals surface area contributed by atoms with Crippen molar-refractivity contribution in [2.24, 2.45) is 5.92 Å². The predicted molar refractivity (Wildman–Crippen MR) is 70.2 cm³/mol. The van der Waals surface area contributed by atoms with Gasteiger partial charge in [0.05, 0.1) is 18.1 Å². The summed E-state index contributed by atoms with van der Waals surface area (Å²) in [6.45, 7) is 2.49. The van der Waals surface area contributed by atoms with Gasteiger partial charge >= 0.3 is 0 Å². The molecule has 1 aliphatic rings. The lowest BCUT2D eigenvalue weighted by atomic mass is 10.0. The van der Waals surface area contributed by atoms with Crippen molar-refractivity contribution in [1.82, 2.24) is 14.9 Å². The molecule has 0 aliphatic carbocycles. The fourth-order valence-electron chi connectivity index (χ4n) is 2.25. The van der Waals surface area contributed by atoms with Gasteiger partial charge in [0.2, 0.25) is 5.76 Å². The lowest BCUT2D eigenvalue weighted by Crippen LogP contribution is -2.20. The highest BCUT2D eigenvalue weighted by Gasteiger charge is 2.15. The Morgan fingerprint density at radius 1 is 1.45 bits per heavy atom. The van der Waals surface area contributed by atoms with E-state index in [1.165, 1.54) is 12.3 Å². The highest BCUT2D eigenvalue weighted by molar-refractivity contribution is 6.01. The number of nitrogens with zero attached hydrogens (tertiary/aromatic N) is 3. The Kier molecular flexibility index (Phi) is 3.78. The third-order valence-electron chi connectivity index (χ3n) is 3.34. The number of aromatic nitrogens is 3. The molecule has 2 aromatic heterocycles. The van der Waals surface area contributed by atoms with Gasteiger partial charge in [-0.05, 0) is 18.8 Å². The molecular weight excluding hydrogens is 260 g/mol. The fourth-order valence-corrected chi connectivity index (χ4v) is 2.25. The third-order valence-corrected chi connectivity index (χ3v) is 3.34. The Morgan fingerprint density at radius 3 is 3.05 bits per heavy atom. The molecule has 20 heavy (non-hydrogen) atoms. The second-order valence-corrected chi connectivity index (χ2v) is 4.84. The van der Waals surface area contributed by atoms with Crippen LogP contribution in [0.2, 0.25) is 0 Å². The van der Waals surface area contributed by atoms with Crippen LogP contribution >= 0.6 is 0 Å². The summed E-state index contributed by atoms with van der Waals surface area (Å²) in [6.07, 6.45) is 7.00. The Bertz CT molecular complexity index is 558. The fraction of sp³-hybridized carbons (Fsp3) is 0.462. The zero-order valence-corrected chi connectivity index (χ0v) is 11.0. The summed E-state index contributed by atoms with van der Waals surface area (Å²) in [4.78, 5) is 11.8. The average molecular weight is 276 g/mol. The molecular formula is C13H16N4O3. The molecule has 0 spiro atoms. The van der Waals surface area contributed by atoms with E-state index in [0.717, 1.165) is 32.6 Å². The molecule has 106 valence electrons. The van der Waals surface area contributed by atoms with Crippen molar-refractivity contribution in [3.63, 3.8) is 0 Å². The van der Waals surface area contributed by atoms with Gasteiger partial charge < -0.3 is 14.6 Å². The lowest BCUT2D eigenvalue weighted by molar-refractivity contribution is 0.0601. The first-order chi connectivity index (χ1) is 9.81. The van der Waals surface area contributed by atoms with E-state index in [1.807, 2.05) is 10.9 Å². The molecule has 1 saturated heterocycles. The number of carbonyl (C=O) groups is 1. The molecule has 7 heteroatoms. The molecule has 7 nitrogen and oxygen atoms in total. The highest BCUT2D eigenvalue weighted by atomic mass is 16.5. The van der Waals surface area contributed by atoms with E-state index in [2.05, 4.69) is 15.6 Å². The van der Waals surface area contributed by atoms with E-state index >= 15 is 0 Å². The molecule has 0 saturated carbocycles. The van der Waals surface area contributed by atoms with Crippen LogP contribution in [0.4, 0.5) is 5.69 Å². The molecule has 1 fully saturated rings. The van der Waals surface area contributed by atoms with Crippen molar-refractivity contribution < 1.29 is 14.1 Å². The summed E-state index contributed by atoms with van der Waals surface area (Å²) in [5.41, 5.74) is 0.651. The minimum absolute atomic E-state index is 0.183. The van der Waals surface area contributed by atoms with E-state index in [0.29, 0.717) is 11.6 Å². The van der Waals surface area contributed by atoms with Crippen LogP contribution in [-0.2, 0) is 11.3 Å². The van der Waals surface area contributed by atoms with Crippen LogP contribution < -0.4 is 5.32 Å². The maximum atomic E-state index is 11.8. The van der Waals surface area contributed by atoms with Crippen molar-refractivity contribution >= 4 is 11.6 Å². The number of carbonyl (C=O) groups excluding carboxylic acids is 1. The van der Waals surface area contributed by atoms with Gasteiger partial charge in [-0.1, -0.05) is 5.16 Å². The third kappa shape index (κ3) is 3.05. The van der Waals surface area contributed by atoms with E-state index in [4.69, 9.17) is 9.26 Å². The SMILES string of the molecule is O=C(Nc1cnn(CC2CCOCC2)c1)c1ccno1. The van der Waals surface area contributed by atoms with Crippen molar-refractivity contribution in [1.29, 1.82) is 0 Å². The van der Waals surface area contributed by atoms with Crippen molar-refractivity contribution in [2.45, 2.75) is 19.4 Å². The highest BCUT2D eigenvalue weighted by Crippen LogP contribution is 2.17. The molecule has 0 aromatic carbocycles. The zero-order valence-electron chi connectivity index (χ0n) is 11.0. The van der Waals surface area contributed by atoms with Gasteiger partial charge in [0, 0.05) is 32.0 Å². The maximum Gasteiger partial charge on any atom is 0.294 e. The van der Waals surface area contributed by atoms with Gasteiger partial charge in [-0.2, -0.15) is 5.10 Å². The molecule has 3 heterocycles. The summed E-state index contributed by atoms with van der Waals surface area (Å²) in [5, 5.41) is 10.5. The van der Waals surface area contributed by atoms with Crippen LogP contribution in [-0.4, -0.2) is 34.1 Å². The topological polar surface area (TPSA) is 82.2 Å². The van der Waals surface area contributed by atoms with Gasteiger partial charge in [0.15, 0.2) is 0 Å². The maximum absolute atomic E-state index is 11.8. The summed E-state index contributed by atoms with van der Waals surface area (Å²) in [6, 6.07) is 1.52. The minimum Gasteiger partial charge on any atom is -0.381 e. The predicted octanol–water partition coefficient (Wildman–Crippen LogP) is 1.55. The van der Waals surface area contributed by atoms with Gasteiger partial charge in [-0.3, -0.25) is 9.48 Å². The van der Waals surface area contributed by atoms with Gasteiger partial charge in [-0.15, -0.1) is 0 Å². The Hall–Kier alpha value is -2.15. The number of amides is 1.